The van der Waals surface area contributed by atoms with Crippen molar-refractivity contribution in [1.29, 1.82) is 0 Å². The number of H-pyrrole nitrogens is 1. The van der Waals surface area contributed by atoms with Crippen molar-refractivity contribution in [3.8, 4) is 10.7 Å². The second-order valence-corrected chi connectivity index (χ2v) is 8.69. The molecular formula is C21H23FN4O2S2. The van der Waals surface area contributed by atoms with Gasteiger partial charge in [0.1, 0.15) is 11.9 Å². The molecule has 1 aromatic carbocycles. The monoisotopic (exact) mass is 446 g/mol. The fourth-order valence-corrected chi connectivity index (χ4v) is 4.74. The van der Waals surface area contributed by atoms with Crippen LogP contribution in [0.4, 0.5) is 4.39 Å². The predicted molar refractivity (Wildman–Crippen MR) is 116 cm³/mol. The maximum absolute atomic E-state index is 13.7. The van der Waals surface area contributed by atoms with Crippen LogP contribution in [0.1, 0.15) is 31.4 Å². The number of carbonyl (C=O) groups excluding carboxylic acids is 1. The van der Waals surface area contributed by atoms with Gasteiger partial charge in [-0.1, -0.05) is 18.2 Å². The molecule has 0 spiro atoms. The molecule has 2 atom stereocenters. The van der Waals surface area contributed by atoms with Crippen molar-refractivity contribution in [2.45, 2.75) is 38.5 Å². The molecule has 158 valence electrons. The van der Waals surface area contributed by atoms with Crippen molar-refractivity contribution < 1.29 is 13.9 Å². The molecule has 3 aromatic rings. The van der Waals surface area contributed by atoms with Crippen LogP contribution in [0.5, 0.6) is 0 Å². The number of hydrogen-bond acceptors (Lipinski definition) is 5. The van der Waals surface area contributed by atoms with E-state index in [1.165, 1.54) is 23.5 Å². The Labute approximate surface area is 183 Å². The molecule has 1 N–H and O–H groups in total. The van der Waals surface area contributed by atoms with Crippen LogP contribution in [0.25, 0.3) is 10.7 Å². The van der Waals surface area contributed by atoms with E-state index in [9.17, 15) is 9.18 Å². The topological polar surface area (TPSA) is 63.1 Å². The molecule has 0 saturated carbocycles. The first-order valence-electron chi connectivity index (χ1n) is 9.88. The van der Waals surface area contributed by atoms with Gasteiger partial charge in [-0.2, -0.15) is 5.10 Å². The van der Waals surface area contributed by atoms with Gasteiger partial charge >= 0.3 is 0 Å². The Kier molecular flexibility index (Phi) is 6.40. The second-order valence-electron chi connectivity index (χ2n) is 7.36. The van der Waals surface area contributed by atoms with Gasteiger partial charge in [0.05, 0.1) is 11.0 Å². The summed E-state index contributed by atoms with van der Waals surface area (Å²) >= 11 is 6.96. The van der Waals surface area contributed by atoms with Gasteiger partial charge in [-0.15, -0.1) is 11.3 Å². The molecule has 0 aliphatic carbocycles. The lowest BCUT2D eigenvalue weighted by atomic mass is 10.1. The summed E-state index contributed by atoms with van der Waals surface area (Å²) in [7, 11) is 0. The number of halogens is 1. The number of hydrogen-bond donors (Lipinski definition) is 1. The van der Waals surface area contributed by atoms with Gasteiger partial charge in [0.15, 0.2) is 10.6 Å². The van der Waals surface area contributed by atoms with Crippen LogP contribution >= 0.6 is 23.6 Å². The highest BCUT2D eigenvalue weighted by Gasteiger charge is 2.29. The molecule has 1 fully saturated rings. The maximum Gasteiger partial charge on any atom is 0.245 e. The van der Waals surface area contributed by atoms with E-state index in [0.29, 0.717) is 30.3 Å². The van der Waals surface area contributed by atoms with Crippen LogP contribution < -0.4 is 0 Å². The van der Waals surface area contributed by atoms with Crippen LogP contribution in [0.2, 0.25) is 0 Å². The van der Waals surface area contributed by atoms with E-state index >= 15 is 0 Å². The molecule has 1 saturated heterocycles. The van der Waals surface area contributed by atoms with Crippen molar-refractivity contribution in [2.24, 2.45) is 0 Å². The van der Waals surface area contributed by atoms with Gasteiger partial charge in [0.25, 0.3) is 0 Å². The van der Waals surface area contributed by atoms with Crippen molar-refractivity contribution in [3.63, 3.8) is 0 Å². The number of nitrogens with one attached hydrogen (secondary N) is 1. The number of aromatic nitrogens is 3. The molecule has 30 heavy (non-hydrogen) atoms. The second kappa shape index (κ2) is 9.20. The number of benzene rings is 1. The molecule has 0 bridgehead atoms. The van der Waals surface area contributed by atoms with Crippen molar-refractivity contribution >= 4 is 29.5 Å². The lowest BCUT2D eigenvalue weighted by Gasteiger charge is -2.29. The van der Waals surface area contributed by atoms with Gasteiger partial charge in [-0.05, 0) is 61.1 Å². The third-order valence-corrected chi connectivity index (χ3v) is 6.37. The molecular weight excluding hydrogens is 423 g/mol. The molecule has 3 heterocycles. The fourth-order valence-electron chi connectivity index (χ4n) is 3.74. The summed E-state index contributed by atoms with van der Waals surface area (Å²) in [5, 5.41) is 9.09. The first kappa shape index (κ1) is 20.9. The Balaban J connectivity index is 1.62. The third-order valence-electron chi connectivity index (χ3n) is 5.21. The molecule has 1 amide bonds. The van der Waals surface area contributed by atoms with Gasteiger partial charge in [0, 0.05) is 19.7 Å². The zero-order chi connectivity index (χ0) is 21.1. The highest BCUT2D eigenvalue weighted by molar-refractivity contribution is 7.71. The van der Waals surface area contributed by atoms with E-state index in [4.69, 9.17) is 17.0 Å². The molecule has 6 nitrogen and oxygen atoms in total. The summed E-state index contributed by atoms with van der Waals surface area (Å²) in [5.74, 6) is 0.214. The van der Waals surface area contributed by atoms with Crippen LogP contribution in [-0.4, -0.2) is 44.8 Å². The van der Waals surface area contributed by atoms with Crippen molar-refractivity contribution in [2.75, 3.05) is 13.2 Å². The van der Waals surface area contributed by atoms with Crippen molar-refractivity contribution in [3.05, 3.63) is 57.9 Å². The number of nitrogens with zero attached hydrogens (tertiary/aromatic N) is 3. The Morgan fingerprint density at radius 1 is 1.47 bits per heavy atom. The van der Waals surface area contributed by atoms with Crippen LogP contribution in [0, 0.1) is 10.6 Å². The minimum atomic E-state index is -0.566. The Bertz CT molecular complexity index is 1060. The van der Waals surface area contributed by atoms with E-state index in [0.717, 1.165) is 23.3 Å². The SMILES string of the molecule is CC(C(=O)N(Cc1cccc(F)c1)CC1CCCO1)n1c(-c2cccs2)n[nH]c1=S. The molecule has 1 aliphatic heterocycles. The van der Waals surface area contributed by atoms with Crippen molar-refractivity contribution in [1.82, 2.24) is 19.7 Å². The Morgan fingerprint density at radius 3 is 3.03 bits per heavy atom. The fraction of sp³-hybridized carbons (Fsp3) is 0.381. The predicted octanol–water partition coefficient (Wildman–Crippen LogP) is 4.58. The number of thiophene rings is 1. The summed E-state index contributed by atoms with van der Waals surface area (Å²) in [6.45, 7) is 3.29. The van der Waals surface area contributed by atoms with E-state index < -0.39 is 6.04 Å². The van der Waals surface area contributed by atoms with Crippen LogP contribution in [0.3, 0.4) is 0 Å². The Hall–Kier alpha value is -2.36. The highest BCUT2D eigenvalue weighted by Crippen LogP contribution is 2.27. The minimum Gasteiger partial charge on any atom is -0.376 e. The molecule has 1 aliphatic rings. The van der Waals surface area contributed by atoms with E-state index in [1.54, 1.807) is 15.5 Å². The molecule has 2 aromatic heterocycles. The van der Waals surface area contributed by atoms with Crippen LogP contribution in [0.15, 0.2) is 41.8 Å². The lowest BCUT2D eigenvalue weighted by molar-refractivity contribution is -0.136. The van der Waals surface area contributed by atoms with Gasteiger partial charge in [0.2, 0.25) is 5.91 Å². The average Bonchev–Trinajstić information content (AvgIpc) is 3.48. The number of ether oxygens (including phenoxy) is 1. The van der Waals surface area contributed by atoms with E-state index in [2.05, 4.69) is 10.2 Å². The zero-order valence-electron chi connectivity index (χ0n) is 16.6. The molecule has 4 rings (SSSR count). The normalized spacial score (nSPS) is 17.2. The minimum absolute atomic E-state index is 0.0104. The van der Waals surface area contributed by atoms with Crippen LogP contribution in [-0.2, 0) is 16.1 Å². The zero-order valence-corrected chi connectivity index (χ0v) is 18.2. The summed E-state index contributed by atoms with van der Waals surface area (Å²) in [6.07, 6.45) is 1.88. The van der Waals surface area contributed by atoms with Gasteiger partial charge < -0.3 is 9.64 Å². The highest BCUT2D eigenvalue weighted by atomic mass is 32.1. The number of amides is 1. The van der Waals surface area contributed by atoms with Gasteiger partial charge in [-0.3, -0.25) is 14.5 Å². The smallest absolute Gasteiger partial charge is 0.245 e. The molecule has 9 heteroatoms. The summed E-state index contributed by atoms with van der Waals surface area (Å²) < 4.78 is 21.6. The lowest BCUT2D eigenvalue weighted by Crippen LogP contribution is -2.40. The third kappa shape index (κ3) is 4.53. The quantitative estimate of drug-likeness (QED) is 0.540. The largest absolute Gasteiger partial charge is 0.376 e. The molecule has 2 unspecified atom stereocenters. The Morgan fingerprint density at radius 2 is 2.33 bits per heavy atom. The number of carbonyl (C=O) groups is 1. The summed E-state index contributed by atoms with van der Waals surface area (Å²) in [4.78, 5) is 16.2. The van der Waals surface area contributed by atoms with E-state index in [-0.39, 0.29) is 17.8 Å². The van der Waals surface area contributed by atoms with Gasteiger partial charge in [-0.25, -0.2) is 4.39 Å². The first-order valence-corrected chi connectivity index (χ1v) is 11.2. The summed E-state index contributed by atoms with van der Waals surface area (Å²) in [6, 6.07) is 9.65. The number of aromatic amines is 1. The average molecular weight is 447 g/mol. The standard InChI is InChI=1S/C21H23FN4O2S2/c1-14(26-19(23-24-21(26)29)18-8-4-10-30-18)20(27)25(13-17-7-3-9-28-17)12-15-5-2-6-16(22)11-15/h2,4-6,8,10-11,14,17H,3,7,9,12-13H2,1H3,(H,24,29). The molecule has 0 radical (unpaired) electrons. The first-order chi connectivity index (χ1) is 14.5. The van der Waals surface area contributed by atoms with E-state index in [1.807, 2.05) is 30.5 Å². The maximum atomic E-state index is 13.7. The summed E-state index contributed by atoms with van der Waals surface area (Å²) in [5.41, 5.74) is 0.739. The number of rotatable bonds is 7.